The lowest BCUT2D eigenvalue weighted by Gasteiger charge is -2.34. The normalized spacial score (nSPS) is 12.0. The first-order valence-electron chi connectivity index (χ1n) is 24.2. The van der Waals surface area contributed by atoms with Crippen molar-refractivity contribution in [2.45, 2.75) is 0 Å². The highest BCUT2D eigenvalue weighted by molar-refractivity contribution is 7.19. The van der Waals surface area contributed by atoms with E-state index < -0.39 is 8.07 Å². The summed E-state index contributed by atoms with van der Waals surface area (Å²) in [6.45, 7) is 0. The monoisotopic (exact) mass is 907 g/mol. The van der Waals surface area contributed by atoms with Gasteiger partial charge in [-0.05, 0) is 99.1 Å². The number of nitrogens with zero attached hydrogens (tertiary/aromatic N) is 3. The first-order chi connectivity index (χ1) is 34.8. The van der Waals surface area contributed by atoms with Crippen molar-refractivity contribution >= 4 is 94.2 Å². The molecule has 4 heteroatoms. The van der Waals surface area contributed by atoms with E-state index in [2.05, 4.69) is 287 Å². The van der Waals surface area contributed by atoms with E-state index in [0.717, 1.165) is 11.4 Å². The molecule has 3 aromatic heterocycles. The van der Waals surface area contributed by atoms with E-state index in [9.17, 15) is 0 Å². The molecule has 0 amide bonds. The molecule has 0 bridgehead atoms. The molecule has 0 radical (unpaired) electrons. The van der Waals surface area contributed by atoms with Crippen LogP contribution in [-0.2, 0) is 0 Å². The van der Waals surface area contributed by atoms with Crippen molar-refractivity contribution in [1.29, 1.82) is 0 Å². The summed E-state index contributed by atoms with van der Waals surface area (Å²) in [7, 11) is -2.67. The van der Waals surface area contributed by atoms with E-state index in [1.54, 1.807) is 0 Å². The van der Waals surface area contributed by atoms with Crippen molar-refractivity contribution in [3.8, 4) is 28.2 Å². The molecular weight excluding hydrogens is 863 g/mol. The summed E-state index contributed by atoms with van der Waals surface area (Å²) in [6, 6.07) is 101. The average molecular weight is 908 g/mol. The predicted octanol–water partition coefficient (Wildman–Crippen LogP) is 14.0. The van der Waals surface area contributed by atoms with Crippen molar-refractivity contribution in [3.63, 3.8) is 0 Å². The van der Waals surface area contributed by atoms with Gasteiger partial charge in [0.15, 0.2) is 8.07 Å². The maximum Gasteiger partial charge on any atom is 0.179 e. The summed E-state index contributed by atoms with van der Waals surface area (Å²) in [5, 5.41) is 12.9. The Hall–Kier alpha value is -8.96. The fourth-order valence-corrected chi connectivity index (χ4v) is 16.6. The first kappa shape index (κ1) is 40.1. The molecule has 0 atom stereocenters. The van der Waals surface area contributed by atoms with Crippen LogP contribution in [0.2, 0.25) is 0 Å². The molecule has 0 aliphatic rings. The summed E-state index contributed by atoms with van der Waals surface area (Å²) in [5.41, 5.74) is 13.0. The van der Waals surface area contributed by atoms with E-state index in [1.165, 1.54) is 103 Å². The van der Waals surface area contributed by atoms with Gasteiger partial charge in [0.2, 0.25) is 0 Å². The highest BCUT2D eigenvalue weighted by atomic mass is 28.3. The Morgan fingerprint density at radius 1 is 0.229 bits per heavy atom. The minimum atomic E-state index is -2.67. The van der Waals surface area contributed by atoms with Gasteiger partial charge in [-0.15, -0.1) is 0 Å². The minimum absolute atomic E-state index is 1.14. The average Bonchev–Trinajstić information content (AvgIpc) is 4.07. The van der Waals surface area contributed by atoms with Gasteiger partial charge in [-0.2, -0.15) is 0 Å². The summed E-state index contributed by atoms with van der Waals surface area (Å²) < 4.78 is 7.33. The standard InChI is InChI=1S/C66H45N3Si/c1-4-20-49(21-5-1)70(50-22-6-2-7-23-50,51-24-8-3-9-25-51)52-40-37-47(38-41-52)67-61-32-16-14-30-57(61)59-45-48(39-43-66(59)67)68-62-33-17-13-29-56(62)58-44-46(36-42-65(58)68)53-26-10-15-31-60(53)69-63-34-18-11-27-54(63)55-28-12-19-35-64(55)69/h1-45H. The third-order valence-electron chi connectivity index (χ3n) is 14.8. The van der Waals surface area contributed by atoms with Crippen LogP contribution in [0.1, 0.15) is 0 Å². The van der Waals surface area contributed by atoms with Gasteiger partial charge in [0, 0.05) is 49.3 Å². The zero-order chi connectivity index (χ0) is 46.2. The maximum atomic E-state index is 2.45. The van der Waals surface area contributed by atoms with Crippen molar-refractivity contribution in [2.24, 2.45) is 0 Å². The first-order valence-corrected chi connectivity index (χ1v) is 26.2. The Morgan fingerprint density at radius 3 is 1.11 bits per heavy atom. The molecule has 11 aromatic carbocycles. The van der Waals surface area contributed by atoms with Crippen molar-refractivity contribution in [2.75, 3.05) is 0 Å². The molecule has 0 saturated heterocycles. The number of rotatable bonds is 8. The SMILES string of the molecule is c1ccc([Si](c2ccccc2)(c2ccccc2)c2ccc(-n3c4ccccc4c4cc(-n5c6ccccc6c6cc(-c7ccccc7-n7c8ccccc8c8ccccc87)ccc65)ccc43)cc2)cc1. The molecule has 3 nitrogen and oxygen atoms in total. The lowest BCUT2D eigenvalue weighted by atomic mass is 10.0. The second-order valence-electron chi connectivity index (χ2n) is 18.4. The molecule has 14 rings (SSSR count). The third kappa shape index (κ3) is 6.00. The van der Waals surface area contributed by atoms with Gasteiger partial charge in [0.05, 0.1) is 38.8 Å². The molecule has 0 N–H and O–H groups in total. The Kier molecular flexibility index (Phi) is 9.23. The number of hydrogen-bond acceptors (Lipinski definition) is 0. The van der Waals surface area contributed by atoms with Crippen LogP contribution in [-0.4, -0.2) is 21.8 Å². The number of para-hydroxylation sites is 5. The van der Waals surface area contributed by atoms with Gasteiger partial charge in [0.1, 0.15) is 0 Å². The van der Waals surface area contributed by atoms with Gasteiger partial charge in [-0.3, -0.25) is 0 Å². The Bertz CT molecular complexity index is 4130. The van der Waals surface area contributed by atoms with E-state index in [4.69, 9.17) is 0 Å². The van der Waals surface area contributed by atoms with Crippen LogP contribution in [0.3, 0.4) is 0 Å². The molecule has 0 unspecified atom stereocenters. The topological polar surface area (TPSA) is 14.8 Å². The van der Waals surface area contributed by atoms with Gasteiger partial charge in [-0.1, -0.05) is 200 Å². The van der Waals surface area contributed by atoms with Crippen LogP contribution in [0.25, 0.3) is 93.6 Å². The summed E-state index contributed by atoms with van der Waals surface area (Å²) >= 11 is 0. The second-order valence-corrected chi connectivity index (χ2v) is 22.2. The zero-order valence-corrected chi connectivity index (χ0v) is 39.3. The van der Waals surface area contributed by atoms with E-state index in [1.807, 2.05) is 0 Å². The van der Waals surface area contributed by atoms with Crippen LogP contribution in [0.15, 0.2) is 273 Å². The lowest BCUT2D eigenvalue weighted by Crippen LogP contribution is -2.74. The number of benzene rings is 11. The Morgan fingerprint density at radius 2 is 0.586 bits per heavy atom. The van der Waals surface area contributed by atoms with E-state index >= 15 is 0 Å². The molecule has 0 fully saturated rings. The molecule has 70 heavy (non-hydrogen) atoms. The molecule has 0 saturated carbocycles. The predicted molar refractivity (Wildman–Crippen MR) is 299 cm³/mol. The van der Waals surface area contributed by atoms with Gasteiger partial charge < -0.3 is 13.7 Å². The largest absolute Gasteiger partial charge is 0.309 e. The van der Waals surface area contributed by atoms with Gasteiger partial charge >= 0.3 is 0 Å². The molecule has 0 aliphatic heterocycles. The maximum absolute atomic E-state index is 2.67. The Labute approximate surface area is 407 Å². The van der Waals surface area contributed by atoms with Gasteiger partial charge in [0.25, 0.3) is 0 Å². The van der Waals surface area contributed by atoms with Crippen molar-refractivity contribution < 1.29 is 0 Å². The van der Waals surface area contributed by atoms with Crippen molar-refractivity contribution in [3.05, 3.63) is 273 Å². The van der Waals surface area contributed by atoms with Crippen LogP contribution in [0, 0.1) is 0 Å². The summed E-state index contributed by atoms with van der Waals surface area (Å²) in [6.07, 6.45) is 0. The highest BCUT2D eigenvalue weighted by Crippen LogP contribution is 2.41. The highest BCUT2D eigenvalue weighted by Gasteiger charge is 2.41. The minimum Gasteiger partial charge on any atom is -0.309 e. The van der Waals surface area contributed by atoms with E-state index in [-0.39, 0.29) is 0 Å². The van der Waals surface area contributed by atoms with Crippen LogP contribution in [0.5, 0.6) is 0 Å². The van der Waals surface area contributed by atoms with Gasteiger partial charge in [-0.25, -0.2) is 0 Å². The van der Waals surface area contributed by atoms with Crippen LogP contribution in [0.4, 0.5) is 0 Å². The molecule has 14 aromatic rings. The smallest absolute Gasteiger partial charge is 0.179 e. The molecule has 0 spiro atoms. The fourth-order valence-electron chi connectivity index (χ4n) is 11.8. The van der Waals surface area contributed by atoms with Crippen LogP contribution >= 0.6 is 0 Å². The van der Waals surface area contributed by atoms with E-state index in [0.29, 0.717) is 0 Å². The number of hydrogen-bond donors (Lipinski definition) is 0. The number of aromatic nitrogens is 3. The third-order valence-corrected chi connectivity index (χ3v) is 19.6. The summed E-state index contributed by atoms with van der Waals surface area (Å²) in [4.78, 5) is 0. The van der Waals surface area contributed by atoms with Crippen molar-refractivity contribution in [1.82, 2.24) is 13.7 Å². The Balaban J connectivity index is 0.911. The van der Waals surface area contributed by atoms with Crippen LogP contribution < -0.4 is 20.7 Å². The molecule has 3 heterocycles. The molecular formula is C66H45N3Si. The molecule has 328 valence electrons. The number of fused-ring (bicyclic) bond motifs is 9. The fraction of sp³-hybridized carbons (Fsp3) is 0. The molecule has 0 aliphatic carbocycles. The quantitative estimate of drug-likeness (QED) is 0.107. The summed E-state index contributed by atoms with van der Waals surface area (Å²) in [5.74, 6) is 0. The second kappa shape index (κ2) is 16.1. The zero-order valence-electron chi connectivity index (χ0n) is 38.3. The lowest BCUT2D eigenvalue weighted by molar-refractivity contribution is 1.17.